The second-order valence-electron chi connectivity index (χ2n) is 5.64. The van der Waals surface area contributed by atoms with Crippen LogP contribution in [0.2, 0.25) is 0 Å². The van der Waals surface area contributed by atoms with Crippen molar-refractivity contribution in [2.75, 3.05) is 19.6 Å². The lowest BCUT2D eigenvalue weighted by Crippen LogP contribution is -2.42. The Morgan fingerprint density at radius 1 is 1.30 bits per heavy atom. The summed E-state index contributed by atoms with van der Waals surface area (Å²) < 4.78 is 39.8. The summed E-state index contributed by atoms with van der Waals surface area (Å²) in [6, 6.07) is 2.54. The lowest BCUT2D eigenvalue weighted by molar-refractivity contribution is -0.126. The van der Waals surface area contributed by atoms with E-state index in [9.17, 15) is 22.4 Å². The van der Waals surface area contributed by atoms with Crippen LogP contribution in [0.3, 0.4) is 0 Å². The molecule has 7 nitrogen and oxygen atoms in total. The van der Waals surface area contributed by atoms with E-state index in [-0.39, 0.29) is 30.4 Å². The van der Waals surface area contributed by atoms with E-state index in [0.29, 0.717) is 12.0 Å². The highest BCUT2D eigenvalue weighted by atomic mass is 32.2. The SMILES string of the molecule is Cc1cc(F)ccc1S(=O)(=O)N1CCC(N2C(=O)CNC2=O)C1. The van der Waals surface area contributed by atoms with E-state index in [2.05, 4.69) is 5.32 Å². The van der Waals surface area contributed by atoms with Gasteiger partial charge in [-0.25, -0.2) is 17.6 Å². The summed E-state index contributed by atoms with van der Waals surface area (Å²) in [6.45, 7) is 1.74. The second kappa shape index (κ2) is 5.57. The van der Waals surface area contributed by atoms with E-state index in [0.717, 1.165) is 17.0 Å². The first-order valence-electron chi connectivity index (χ1n) is 7.17. The summed E-state index contributed by atoms with van der Waals surface area (Å²) in [6.07, 6.45) is 0.388. The zero-order valence-electron chi connectivity index (χ0n) is 12.5. The van der Waals surface area contributed by atoms with E-state index in [1.807, 2.05) is 0 Å². The van der Waals surface area contributed by atoms with Gasteiger partial charge in [-0.2, -0.15) is 4.31 Å². The molecule has 0 aliphatic carbocycles. The summed E-state index contributed by atoms with van der Waals surface area (Å²) in [5, 5.41) is 2.42. The third-order valence-electron chi connectivity index (χ3n) is 4.12. The Labute approximate surface area is 133 Å². The average molecular weight is 341 g/mol. The molecule has 1 N–H and O–H groups in total. The van der Waals surface area contributed by atoms with Gasteiger partial charge in [0.05, 0.1) is 17.5 Å². The molecule has 1 atom stereocenters. The van der Waals surface area contributed by atoms with Crippen LogP contribution in [0.5, 0.6) is 0 Å². The van der Waals surface area contributed by atoms with Crippen LogP contribution < -0.4 is 5.32 Å². The summed E-state index contributed by atoms with van der Waals surface area (Å²) >= 11 is 0. The molecule has 9 heteroatoms. The fourth-order valence-corrected chi connectivity index (χ4v) is 4.68. The highest BCUT2D eigenvalue weighted by Crippen LogP contribution is 2.26. The highest BCUT2D eigenvalue weighted by Gasteiger charge is 2.42. The first kappa shape index (κ1) is 15.9. The largest absolute Gasteiger partial charge is 0.329 e. The van der Waals surface area contributed by atoms with E-state index < -0.39 is 27.9 Å². The van der Waals surface area contributed by atoms with Crippen molar-refractivity contribution in [3.8, 4) is 0 Å². The van der Waals surface area contributed by atoms with Crippen LogP contribution >= 0.6 is 0 Å². The molecule has 2 saturated heterocycles. The Kier molecular flexibility index (Phi) is 3.85. The minimum Gasteiger partial charge on any atom is -0.329 e. The number of amides is 3. The van der Waals surface area contributed by atoms with Gasteiger partial charge < -0.3 is 5.32 Å². The minimum absolute atomic E-state index is 0.0387. The van der Waals surface area contributed by atoms with E-state index in [4.69, 9.17) is 0 Å². The van der Waals surface area contributed by atoms with Crippen LogP contribution in [-0.4, -0.2) is 55.2 Å². The molecular formula is C14H16FN3O4S. The normalized spacial score (nSPS) is 22.7. The predicted molar refractivity (Wildman–Crippen MR) is 78.5 cm³/mol. The van der Waals surface area contributed by atoms with Crippen molar-refractivity contribution in [2.24, 2.45) is 0 Å². The second-order valence-corrected chi connectivity index (χ2v) is 7.54. The number of imide groups is 1. The minimum atomic E-state index is -3.79. The van der Waals surface area contributed by atoms with Gasteiger partial charge in [-0.3, -0.25) is 9.69 Å². The first-order valence-corrected chi connectivity index (χ1v) is 8.61. The average Bonchev–Trinajstić information content (AvgIpc) is 3.06. The Hall–Kier alpha value is -2.00. The van der Waals surface area contributed by atoms with Crippen molar-refractivity contribution in [1.82, 2.24) is 14.5 Å². The molecular weight excluding hydrogens is 325 g/mol. The third kappa shape index (κ3) is 2.70. The number of urea groups is 1. The molecule has 0 bridgehead atoms. The van der Waals surface area contributed by atoms with Crippen molar-refractivity contribution < 1.29 is 22.4 Å². The number of carbonyl (C=O) groups excluding carboxylic acids is 2. The lowest BCUT2D eigenvalue weighted by atomic mass is 10.2. The van der Waals surface area contributed by atoms with E-state index in [1.54, 1.807) is 0 Å². The molecule has 0 spiro atoms. The predicted octanol–water partition coefficient (Wildman–Crippen LogP) is 0.449. The number of aryl methyl sites for hydroxylation is 1. The van der Waals surface area contributed by atoms with Crippen LogP contribution in [0.15, 0.2) is 23.1 Å². The maximum atomic E-state index is 13.2. The van der Waals surface area contributed by atoms with Gasteiger partial charge in [0.15, 0.2) is 0 Å². The van der Waals surface area contributed by atoms with Crippen LogP contribution in [0.4, 0.5) is 9.18 Å². The molecule has 1 aromatic rings. The van der Waals surface area contributed by atoms with Crippen molar-refractivity contribution in [2.45, 2.75) is 24.3 Å². The van der Waals surface area contributed by atoms with Gasteiger partial charge in [-0.15, -0.1) is 0 Å². The van der Waals surface area contributed by atoms with Gasteiger partial charge in [0, 0.05) is 13.1 Å². The Balaban J connectivity index is 1.83. The molecule has 1 unspecified atom stereocenters. The Morgan fingerprint density at radius 3 is 2.65 bits per heavy atom. The van der Waals surface area contributed by atoms with Gasteiger partial charge in [0.2, 0.25) is 15.9 Å². The maximum Gasteiger partial charge on any atom is 0.324 e. The number of hydrogen-bond acceptors (Lipinski definition) is 4. The van der Waals surface area contributed by atoms with Crippen molar-refractivity contribution in [3.63, 3.8) is 0 Å². The molecule has 2 aliphatic heterocycles. The monoisotopic (exact) mass is 341 g/mol. The van der Waals surface area contributed by atoms with Crippen molar-refractivity contribution in [1.29, 1.82) is 0 Å². The zero-order chi connectivity index (χ0) is 16.8. The molecule has 0 radical (unpaired) electrons. The van der Waals surface area contributed by atoms with Crippen molar-refractivity contribution in [3.05, 3.63) is 29.6 Å². The topological polar surface area (TPSA) is 86.8 Å². The lowest BCUT2D eigenvalue weighted by Gasteiger charge is -2.22. The first-order chi connectivity index (χ1) is 10.8. The highest BCUT2D eigenvalue weighted by molar-refractivity contribution is 7.89. The number of carbonyl (C=O) groups is 2. The van der Waals surface area contributed by atoms with Crippen molar-refractivity contribution >= 4 is 22.0 Å². The number of benzene rings is 1. The molecule has 2 heterocycles. The van der Waals surface area contributed by atoms with Gasteiger partial charge in [0.1, 0.15) is 5.82 Å². The van der Waals surface area contributed by atoms with Crippen LogP contribution in [0.25, 0.3) is 0 Å². The zero-order valence-corrected chi connectivity index (χ0v) is 13.3. The summed E-state index contributed by atoms with van der Waals surface area (Å²) in [5.74, 6) is -0.850. The number of nitrogens with one attached hydrogen (secondary N) is 1. The maximum absolute atomic E-state index is 13.2. The molecule has 3 amide bonds. The third-order valence-corrected chi connectivity index (χ3v) is 6.15. The van der Waals surface area contributed by atoms with Gasteiger partial charge in [-0.1, -0.05) is 0 Å². The molecule has 0 aromatic heterocycles. The number of sulfonamides is 1. The molecule has 1 aromatic carbocycles. The number of hydrogen-bond donors (Lipinski definition) is 1. The van der Waals surface area contributed by atoms with Crippen LogP contribution in [0, 0.1) is 12.7 Å². The molecule has 23 heavy (non-hydrogen) atoms. The van der Waals surface area contributed by atoms with Gasteiger partial charge in [-0.05, 0) is 37.1 Å². The number of nitrogens with zero attached hydrogens (tertiary/aromatic N) is 2. The quantitative estimate of drug-likeness (QED) is 0.809. The van der Waals surface area contributed by atoms with E-state index >= 15 is 0 Å². The standard InChI is InChI=1S/C14H16FN3O4S/c1-9-6-10(15)2-3-12(9)23(21,22)17-5-4-11(8-17)18-13(19)7-16-14(18)20/h2-3,6,11H,4-5,7-8H2,1H3,(H,16,20). The Bertz CT molecular complexity index is 764. The summed E-state index contributed by atoms with van der Waals surface area (Å²) in [7, 11) is -3.79. The smallest absolute Gasteiger partial charge is 0.324 e. The van der Waals surface area contributed by atoms with E-state index in [1.165, 1.54) is 17.3 Å². The molecule has 2 fully saturated rings. The number of rotatable bonds is 3. The molecule has 0 saturated carbocycles. The van der Waals surface area contributed by atoms with Gasteiger partial charge in [0.25, 0.3) is 0 Å². The summed E-state index contributed by atoms with van der Waals surface area (Å²) in [4.78, 5) is 24.5. The molecule has 124 valence electrons. The summed E-state index contributed by atoms with van der Waals surface area (Å²) in [5.41, 5.74) is 0.323. The molecule has 2 aliphatic rings. The fraction of sp³-hybridized carbons (Fsp3) is 0.429. The Morgan fingerprint density at radius 2 is 2.04 bits per heavy atom. The number of halogens is 1. The van der Waals surface area contributed by atoms with Crippen LogP contribution in [0.1, 0.15) is 12.0 Å². The van der Waals surface area contributed by atoms with Gasteiger partial charge >= 0.3 is 6.03 Å². The molecule has 3 rings (SSSR count). The van der Waals surface area contributed by atoms with Crippen LogP contribution in [-0.2, 0) is 14.8 Å². The fourth-order valence-electron chi connectivity index (χ4n) is 2.99.